The molecule has 0 amide bonds. The van der Waals surface area contributed by atoms with E-state index in [2.05, 4.69) is 16.8 Å². The van der Waals surface area contributed by atoms with Crippen molar-refractivity contribution in [3.8, 4) is 0 Å². The molecule has 0 saturated carbocycles. The summed E-state index contributed by atoms with van der Waals surface area (Å²) in [5, 5.41) is -0.280. The smallest absolute Gasteiger partial charge is 0.170 e. The van der Waals surface area contributed by atoms with E-state index in [-0.39, 0.29) is 29.5 Å². The van der Waals surface area contributed by atoms with Gasteiger partial charge in [-0.25, -0.2) is 0 Å². The van der Waals surface area contributed by atoms with Crippen LogP contribution in [-0.4, -0.2) is 73.2 Å². The monoisotopic (exact) mass is 388 g/mol. The van der Waals surface area contributed by atoms with Gasteiger partial charge in [-0.05, 0) is 30.9 Å². The molecular weight excluding hydrogens is 360 g/mol. The lowest BCUT2D eigenvalue weighted by molar-refractivity contribution is -0.114. The van der Waals surface area contributed by atoms with Crippen molar-refractivity contribution >= 4 is 23.3 Å². The van der Waals surface area contributed by atoms with E-state index in [1.165, 1.54) is 0 Å². The topological polar surface area (TPSA) is 49.9 Å². The van der Waals surface area contributed by atoms with Crippen molar-refractivity contribution in [2.45, 2.75) is 30.7 Å². The Morgan fingerprint density at radius 2 is 1.93 bits per heavy atom. The molecule has 0 bridgehead atoms. The van der Waals surface area contributed by atoms with Crippen LogP contribution in [0.15, 0.2) is 41.3 Å². The number of carbonyl (C=O) groups excluding carboxylic acids is 2. The zero-order valence-electron chi connectivity index (χ0n) is 16.1. The summed E-state index contributed by atoms with van der Waals surface area (Å²) in [6, 6.07) is 9.20. The Morgan fingerprint density at radius 1 is 1.22 bits per heavy atom. The van der Waals surface area contributed by atoms with Crippen LogP contribution in [0.5, 0.6) is 0 Å². The number of allylic oxidation sites excluding steroid dienone is 2. The molecule has 2 atom stereocenters. The fourth-order valence-corrected chi connectivity index (χ4v) is 4.74. The Balaban J connectivity index is 1.48. The number of thioether (sulfide) groups is 1. The second-order valence-electron chi connectivity index (χ2n) is 7.18. The molecule has 1 aromatic carbocycles. The van der Waals surface area contributed by atoms with Gasteiger partial charge in [0.05, 0.1) is 5.25 Å². The van der Waals surface area contributed by atoms with E-state index < -0.39 is 0 Å². The van der Waals surface area contributed by atoms with Gasteiger partial charge in [-0.3, -0.25) is 14.5 Å². The van der Waals surface area contributed by atoms with Gasteiger partial charge < -0.3 is 9.64 Å². The quantitative estimate of drug-likeness (QED) is 0.639. The van der Waals surface area contributed by atoms with Crippen molar-refractivity contribution in [1.82, 2.24) is 9.80 Å². The number of hydrogen-bond acceptors (Lipinski definition) is 6. The second kappa shape index (κ2) is 9.64. The van der Waals surface area contributed by atoms with Crippen LogP contribution in [0.3, 0.4) is 0 Å². The molecule has 0 spiro atoms. The molecule has 3 rings (SSSR count). The van der Waals surface area contributed by atoms with Crippen molar-refractivity contribution < 1.29 is 14.3 Å². The van der Waals surface area contributed by atoms with E-state index in [1.54, 1.807) is 37.1 Å². The minimum absolute atomic E-state index is 0.0308. The third-order valence-electron chi connectivity index (χ3n) is 5.24. The number of ether oxygens (including phenoxy) is 1. The molecule has 2 aliphatic heterocycles. The number of carbonyl (C=O) groups is 2. The summed E-state index contributed by atoms with van der Waals surface area (Å²) in [5.74, 6) is 0.0937. The molecule has 2 heterocycles. The molecule has 0 N–H and O–H groups in total. The SMILES string of the molecule is COC(CCC1=CC(=O)C(CC(=O)c2ccccc2)S1)N1CCN(C)CC1. The van der Waals surface area contributed by atoms with Crippen LogP contribution >= 0.6 is 11.8 Å². The standard InChI is InChI=1S/C21H28N2O3S/c1-22-10-12-23(13-11-22)21(26-2)9-8-17-14-19(25)20(27-17)15-18(24)16-6-4-3-5-7-16/h3-7,14,20-21H,8-13,15H2,1-2H3. The Labute approximate surface area is 165 Å². The average Bonchev–Trinajstić information content (AvgIpc) is 3.03. The molecule has 2 aliphatic rings. The van der Waals surface area contributed by atoms with E-state index >= 15 is 0 Å². The Hall–Kier alpha value is -1.47. The number of benzene rings is 1. The van der Waals surface area contributed by atoms with Crippen molar-refractivity contribution in [1.29, 1.82) is 0 Å². The number of hydrogen-bond donors (Lipinski definition) is 0. The summed E-state index contributed by atoms with van der Waals surface area (Å²) in [5.41, 5.74) is 0.675. The van der Waals surface area contributed by atoms with Crippen molar-refractivity contribution in [2.24, 2.45) is 0 Å². The van der Waals surface area contributed by atoms with Gasteiger partial charge in [-0.2, -0.15) is 0 Å². The van der Waals surface area contributed by atoms with Crippen LogP contribution in [0.4, 0.5) is 0 Å². The highest BCUT2D eigenvalue weighted by Gasteiger charge is 2.30. The second-order valence-corrected chi connectivity index (χ2v) is 8.51. The van der Waals surface area contributed by atoms with Crippen molar-refractivity contribution in [3.63, 3.8) is 0 Å². The summed E-state index contributed by atoms with van der Waals surface area (Å²) in [4.78, 5) is 30.5. The van der Waals surface area contributed by atoms with E-state index in [9.17, 15) is 9.59 Å². The minimum atomic E-state index is -0.280. The lowest BCUT2D eigenvalue weighted by atomic mass is 10.0. The third-order valence-corrected chi connectivity index (χ3v) is 6.54. The molecule has 1 aromatic rings. The van der Waals surface area contributed by atoms with Crippen LogP contribution < -0.4 is 0 Å². The Bertz CT molecular complexity index is 684. The zero-order chi connectivity index (χ0) is 19.2. The zero-order valence-corrected chi connectivity index (χ0v) is 16.9. The lowest BCUT2D eigenvalue weighted by Crippen LogP contribution is -2.49. The van der Waals surface area contributed by atoms with Gasteiger partial charge in [0, 0.05) is 45.3 Å². The largest absolute Gasteiger partial charge is 0.366 e. The normalized spacial score (nSPS) is 22.7. The molecule has 0 radical (unpaired) electrons. The van der Waals surface area contributed by atoms with Crippen LogP contribution in [0.1, 0.15) is 29.6 Å². The predicted octanol–water partition coefficient (Wildman–Crippen LogP) is 2.83. The number of piperazine rings is 1. The summed E-state index contributed by atoms with van der Waals surface area (Å²) in [6.07, 6.45) is 3.76. The molecule has 146 valence electrons. The number of ketones is 2. The first kappa shape index (κ1) is 20.3. The van der Waals surface area contributed by atoms with E-state index in [1.807, 2.05) is 18.2 Å². The van der Waals surface area contributed by atoms with E-state index in [4.69, 9.17) is 4.74 Å². The number of Topliss-reactive ketones (excluding diaryl/α,β-unsaturated/α-hetero) is 1. The first-order valence-electron chi connectivity index (χ1n) is 9.51. The van der Waals surface area contributed by atoms with Gasteiger partial charge in [0.2, 0.25) is 0 Å². The molecule has 0 aliphatic carbocycles. The van der Waals surface area contributed by atoms with Crippen LogP contribution in [0.2, 0.25) is 0 Å². The highest BCUT2D eigenvalue weighted by atomic mass is 32.2. The van der Waals surface area contributed by atoms with Gasteiger partial charge in [-0.1, -0.05) is 30.3 Å². The molecule has 6 heteroatoms. The van der Waals surface area contributed by atoms with Crippen LogP contribution in [0, 0.1) is 0 Å². The van der Waals surface area contributed by atoms with Crippen molar-refractivity contribution in [3.05, 3.63) is 46.9 Å². The number of rotatable bonds is 8. The first-order chi connectivity index (χ1) is 13.1. The highest BCUT2D eigenvalue weighted by Crippen LogP contribution is 2.36. The van der Waals surface area contributed by atoms with E-state index in [0.29, 0.717) is 5.56 Å². The number of likely N-dealkylation sites (N-methyl/N-ethyl adjacent to an activating group) is 1. The molecule has 0 aromatic heterocycles. The number of methoxy groups -OCH3 is 1. The Kier molecular flexibility index (Phi) is 7.24. The van der Waals surface area contributed by atoms with Crippen LogP contribution in [0.25, 0.3) is 0 Å². The van der Waals surface area contributed by atoms with Gasteiger partial charge in [0.1, 0.15) is 6.23 Å². The number of nitrogens with zero attached hydrogens (tertiary/aromatic N) is 2. The van der Waals surface area contributed by atoms with Crippen molar-refractivity contribution in [2.75, 3.05) is 40.3 Å². The fourth-order valence-electron chi connectivity index (χ4n) is 3.54. The van der Waals surface area contributed by atoms with Gasteiger partial charge in [0.15, 0.2) is 11.6 Å². The van der Waals surface area contributed by atoms with Gasteiger partial charge in [-0.15, -0.1) is 11.8 Å². The van der Waals surface area contributed by atoms with Gasteiger partial charge >= 0.3 is 0 Å². The summed E-state index contributed by atoms with van der Waals surface area (Å²) < 4.78 is 5.69. The highest BCUT2D eigenvalue weighted by molar-refractivity contribution is 8.04. The fraction of sp³-hybridized carbons (Fsp3) is 0.524. The minimum Gasteiger partial charge on any atom is -0.366 e. The third kappa shape index (κ3) is 5.51. The van der Waals surface area contributed by atoms with Gasteiger partial charge in [0.25, 0.3) is 0 Å². The maximum Gasteiger partial charge on any atom is 0.170 e. The average molecular weight is 389 g/mol. The molecule has 1 fully saturated rings. The summed E-state index contributed by atoms with van der Waals surface area (Å²) in [6.45, 7) is 4.13. The molecule has 5 nitrogen and oxygen atoms in total. The maximum absolute atomic E-state index is 12.4. The van der Waals surface area contributed by atoms with Crippen LogP contribution in [-0.2, 0) is 9.53 Å². The van der Waals surface area contributed by atoms with E-state index in [0.717, 1.165) is 43.9 Å². The Morgan fingerprint density at radius 3 is 2.59 bits per heavy atom. The molecule has 2 unspecified atom stereocenters. The molecule has 1 saturated heterocycles. The summed E-state index contributed by atoms with van der Waals surface area (Å²) in [7, 11) is 3.90. The summed E-state index contributed by atoms with van der Waals surface area (Å²) >= 11 is 1.55. The maximum atomic E-state index is 12.4. The molecular formula is C21H28N2O3S. The first-order valence-corrected chi connectivity index (χ1v) is 10.4. The lowest BCUT2D eigenvalue weighted by Gasteiger charge is -2.37. The predicted molar refractivity (Wildman–Crippen MR) is 109 cm³/mol. The molecule has 27 heavy (non-hydrogen) atoms.